The maximum absolute atomic E-state index is 13.1. The molecule has 0 radical (unpaired) electrons. The molecule has 0 aromatic heterocycles. The molecule has 1 aromatic carbocycles. The van der Waals surface area contributed by atoms with E-state index in [0.717, 1.165) is 0 Å². The third kappa shape index (κ3) is 3.56. The standard InChI is InChI=1S/C11H13Cl2FN2O/c1-5(2)10(15)11(17)16-6-3-7(12)9(14)8(13)4-6/h3-5,10H,15H2,1-2H3,(H,16,17)/t10-/m0/s1. The molecule has 0 aliphatic rings. The highest BCUT2D eigenvalue weighted by atomic mass is 35.5. The number of carbonyl (C=O) groups is 1. The van der Waals surface area contributed by atoms with Gasteiger partial charge in [0.1, 0.15) is 0 Å². The molecule has 1 aromatic rings. The second-order valence-corrected chi connectivity index (χ2v) is 4.83. The number of anilines is 1. The van der Waals surface area contributed by atoms with Gasteiger partial charge in [-0.05, 0) is 18.1 Å². The average molecular weight is 279 g/mol. The minimum absolute atomic E-state index is 0.00129. The van der Waals surface area contributed by atoms with Gasteiger partial charge >= 0.3 is 0 Å². The number of rotatable bonds is 3. The zero-order valence-electron chi connectivity index (χ0n) is 9.43. The molecule has 0 aliphatic heterocycles. The summed E-state index contributed by atoms with van der Waals surface area (Å²) < 4.78 is 13.1. The van der Waals surface area contributed by atoms with Gasteiger partial charge in [0, 0.05) is 5.69 Å². The van der Waals surface area contributed by atoms with E-state index in [1.165, 1.54) is 12.1 Å². The molecule has 1 rings (SSSR count). The van der Waals surface area contributed by atoms with Gasteiger partial charge in [-0.15, -0.1) is 0 Å². The highest BCUT2D eigenvalue weighted by Crippen LogP contribution is 2.27. The van der Waals surface area contributed by atoms with Crippen LogP contribution in [0.1, 0.15) is 13.8 Å². The lowest BCUT2D eigenvalue weighted by atomic mass is 10.1. The minimum atomic E-state index is -0.709. The molecule has 94 valence electrons. The van der Waals surface area contributed by atoms with E-state index in [4.69, 9.17) is 28.9 Å². The summed E-state index contributed by atoms with van der Waals surface area (Å²) >= 11 is 11.2. The van der Waals surface area contributed by atoms with Crippen LogP contribution in [-0.2, 0) is 4.79 Å². The van der Waals surface area contributed by atoms with E-state index in [-0.39, 0.29) is 21.9 Å². The van der Waals surface area contributed by atoms with Crippen molar-refractivity contribution in [2.24, 2.45) is 11.7 Å². The Labute approximate surface area is 109 Å². The molecular formula is C11H13Cl2FN2O. The van der Waals surface area contributed by atoms with Crippen LogP contribution in [0.15, 0.2) is 12.1 Å². The maximum Gasteiger partial charge on any atom is 0.241 e. The van der Waals surface area contributed by atoms with Crippen molar-refractivity contribution >= 4 is 34.8 Å². The van der Waals surface area contributed by atoms with Gasteiger partial charge in [-0.2, -0.15) is 0 Å². The zero-order valence-corrected chi connectivity index (χ0v) is 10.9. The number of carbonyl (C=O) groups excluding carboxylic acids is 1. The Balaban J connectivity index is 2.86. The molecule has 0 saturated heterocycles. The van der Waals surface area contributed by atoms with Gasteiger partial charge in [-0.1, -0.05) is 37.0 Å². The van der Waals surface area contributed by atoms with Crippen molar-refractivity contribution in [1.82, 2.24) is 0 Å². The molecule has 3 nitrogen and oxygen atoms in total. The first-order chi connectivity index (χ1) is 7.82. The van der Waals surface area contributed by atoms with E-state index >= 15 is 0 Å². The van der Waals surface area contributed by atoms with Crippen LogP contribution in [0, 0.1) is 11.7 Å². The minimum Gasteiger partial charge on any atom is -0.325 e. The third-order valence-electron chi connectivity index (χ3n) is 2.27. The van der Waals surface area contributed by atoms with E-state index in [2.05, 4.69) is 5.32 Å². The fourth-order valence-electron chi connectivity index (χ4n) is 1.16. The van der Waals surface area contributed by atoms with E-state index in [1.807, 2.05) is 13.8 Å². The summed E-state index contributed by atoms with van der Waals surface area (Å²) in [6.07, 6.45) is 0. The Bertz CT molecular complexity index is 414. The Morgan fingerprint density at radius 3 is 2.24 bits per heavy atom. The highest BCUT2D eigenvalue weighted by Gasteiger charge is 2.18. The molecule has 6 heteroatoms. The maximum atomic E-state index is 13.1. The van der Waals surface area contributed by atoms with Crippen LogP contribution >= 0.6 is 23.2 Å². The first-order valence-electron chi connectivity index (χ1n) is 5.04. The normalized spacial score (nSPS) is 12.6. The Morgan fingerprint density at radius 2 is 1.82 bits per heavy atom. The van der Waals surface area contributed by atoms with Crippen molar-refractivity contribution in [3.8, 4) is 0 Å². The van der Waals surface area contributed by atoms with Crippen LogP contribution in [0.25, 0.3) is 0 Å². The highest BCUT2D eigenvalue weighted by molar-refractivity contribution is 6.35. The smallest absolute Gasteiger partial charge is 0.241 e. The molecular weight excluding hydrogens is 266 g/mol. The van der Waals surface area contributed by atoms with Crippen LogP contribution in [0.4, 0.5) is 10.1 Å². The van der Waals surface area contributed by atoms with Crippen molar-refractivity contribution in [3.05, 3.63) is 28.0 Å². The van der Waals surface area contributed by atoms with Crippen LogP contribution < -0.4 is 11.1 Å². The molecule has 1 amide bonds. The van der Waals surface area contributed by atoms with Crippen molar-refractivity contribution in [1.29, 1.82) is 0 Å². The zero-order chi connectivity index (χ0) is 13.2. The first kappa shape index (κ1) is 14.2. The molecule has 0 heterocycles. The largest absolute Gasteiger partial charge is 0.325 e. The second-order valence-electron chi connectivity index (χ2n) is 4.01. The van der Waals surface area contributed by atoms with Crippen molar-refractivity contribution in [3.63, 3.8) is 0 Å². The fourth-order valence-corrected chi connectivity index (χ4v) is 1.64. The first-order valence-corrected chi connectivity index (χ1v) is 5.79. The van der Waals surface area contributed by atoms with E-state index in [0.29, 0.717) is 5.69 Å². The van der Waals surface area contributed by atoms with Gasteiger partial charge in [-0.25, -0.2) is 4.39 Å². The van der Waals surface area contributed by atoms with Crippen molar-refractivity contribution in [2.75, 3.05) is 5.32 Å². The summed E-state index contributed by atoms with van der Waals surface area (Å²) in [7, 11) is 0. The number of benzene rings is 1. The molecule has 0 fully saturated rings. The summed E-state index contributed by atoms with van der Waals surface area (Å²) in [6, 6.07) is 1.93. The number of nitrogens with one attached hydrogen (secondary N) is 1. The second kappa shape index (κ2) is 5.67. The molecule has 1 atom stereocenters. The average Bonchev–Trinajstić information content (AvgIpc) is 2.24. The predicted octanol–water partition coefficient (Wildman–Crippen LogP) is 3.05. The monoisotopic (exact) mass is 278 g/mol. The van der Waals surface area contributed by atoms with Crippen molar-refractivity contribution < 1.29 is 9.18 Å². The Kier molecular flexibility index (Phi) is 4.74. The quantitative estimate of drug-likeness (QED) is 0.835. The SMILES string of the molecule is CC(C)[C@H](N)C(=O)Nc1cc(Cl)c(F)c(Cl)c1. The molecule has 0 spiro atoms. The van der Waals surface area contributed by atoms with Crippen LogP contribution in [0.5, 0.6) is 0 Å². The van der Waals surface area contributed by atoms with Crippen LogP contribution in [-0.4, -0.2) is 11.9 Å². The third-order valence-corrected chi connectivity index (χ3v) is 2.82. The van der Waals surface area contributed by atoms with Crippen LogP contribution in [0.2, 0.25) is 10.0 Å². The molecule has 0 unspecified atom stereocenters. The summed E-state index contributed by atoms with van der Waals surface area (Å²) in [4.78, 5) is 11.6. The van der Waals surface area contributed by atoms with Gasteiger partial charge in [-0.3, -0.25) is 4.79 Å². The molecule has 17 heavy (non-hydrogen) atoms. The van der Waals surface area contributed by atoms with Crippen molar-refractivity contribution in [2.45, 2.75) is 19.9 Å². The molecule has 0 saturated carbocycles. The van der Waals surface area contributed by atoms with Gasteiger partial charge in [0.25, 0.3) is 0 Å². The van der Waals surface area contributed by atoms with Gasteiger partial charge in [0.15, 0.2) is 5.82 Å². The van der Waals surface area contributed by atoms with E-state index < -0.39 is 11.9 Å². The van der Waals surface area contributed by atoms with Gasteiger partial charge in [0.05, 0.1) is 16.1 Å². The summed E-state index contributed by atoms with van der Waals surface area (Å²) in [5, 5.41) is 2.24. The number of amides is 1. The van der Waals surface area contributed by atoms with E-state index in [9.17, 15) is 9.18 Å². The molecule has 0 bridgehead atoms. The fraction of sp³-hybridized carbons (Fsp3) is 0.364. The summed E-state index contributed by atoms with van der Waals surface area (Å²) in [5.74, 6) is -1.07. The number of hydrogen-bond acceptors (Lipinski definition) is 2. The lowest BCUT2D eigenvalue weighted by Gasteiger charge is -2.15. The topological polar surface area (TPSA) is 55.1 Å². The Morgan fingerprint density at radius 1 is 1.35 bits per heavy atom. The van der Waals surface area contributed by atoms with E-state index in [1.54, 1.807) is 0 Å². The summed E-state index contributed by atoms with van der Waals surface area (Å²) in [6.45, 7) is 3.66. The Hall–Kier alpha value is -0.840. The number of nitrogens with two attached hydrogens (primary N) is 1. The predicted molar refractivity (Wildman–Crippen MR) is 67.9 cm³/mol. The number of halogens is 3. The summed E-state index contributed by atoms with van der Waals surface area (Å²) in [5.41, 5.74) is 5.98. The van der Waals surface area contributed by atoms with Gasteiger partial charge in [0.2, 0.25) is 5.91 Å². The molecule has 3 N–H and O–H groups in total. The number of hydrogen-bond donors (Lipinski definition) is 2. The van der Waals surface area contributed by atoms with Crippen LogP contribution in [0.3, 0.4) is 0 Å². The lowest BCUT2D eigenvalue weighted by molar-refractivity contribution is -0.118. The molecule has 0 aliphatic carbocycles. The van der Waals surface area contributed by atoms with Gasteiger partial charge < -0.3 is 11.1 Å². The lowest BCUT2D eigenvalue weighted by Crippen LogP contribution is -2.39.